The van der Waals surface area contributed by atoms with Crippen LogP contribution in [0.4, 0.5) is 8.78 Å². The number of hydrogen-bond acceptors (Lipinski definition) is 3. The molecule has 2 aromatic carbocycles. The zero-order valence-electron chi connectivity index (χ0n) is 16.6. The monoisotopic (exact) mass is 434 g/mol. The smallest absolute Gasteiger partial charge is 0.262 e. The Balaban J connectivity index is 2.15. The molecule has 0 bridgehead atoms. The summed E-state index contributed by atoms with van der Waals surface area (Å²) in [6.45, 7) is 4.01. The minimum Gasteiger partial charge on any atom is -0.503 e. The second-order valence-corrected chi connectivity index (χ2v) is 7.44. The summed E-state index contributed by atoms with van der Waals surface area (Å²) in [5, 5.41) is 12.8. The zero-order valence-corrected chi connectivity index (χ0v) is 17.3. The van der Waals surface area contributed by atoms with Crippen LogP contribution in [0, 0.1) is 18.6 Å². The van der Waals surface area contributed by atoms with Gasteiger partial charge in [-0.3, -0.25) is 14.2 Å². The number of amides is 1. The van der Waals surface area contributed by atoms with Crippen LogP contribution in [0.15, 0.2) is 30.3 Å². The number of rotatable bonds is 6. The Kier molecular flexibility index (Phi) is 6.41. The molecule has 0 aliphatic carbocycles. The van der Waals surface area contributed by atoms with Crippen LogP contribution in [0.5, 0.6) is 5.75 Å². The number of unbranched alkanes of at least 4 members (excludes halogenated alkanes) is 1. The second kappa shape index (κ2) is 8.83. The minimum absolute atomic E-state index is 0.0587. The van der Waals surface area contributed by atoms with Crippen LogP contribution in [0.2, 0.25) is 5.02 Å². The molecule has 0 saturated heterocycles. The van der Waals surface area contributed by atoms with Crippen molar-refractivity contribution in [2.45, 2.75) is 33.1 Å². The molecule has 158 valence electrons. The molecule has 3 rings (SSSR count). The van der Waals surface area contributed by atoms with Crippen molar-refractivity contribution in [2.75, 3.05) is 6.54 Å². The van der Waals surface area contributed by atoms with Crippen molar-refractivity contribution in [1.82, 2.24) is 9.88 Å². The van der Waals surface area contributed by atoms with Crippen LogP contribution in [-0.2, 0) is 11.2 Å². The molecule has 30 heavy (non-hydrogen) atoms. The molecule has 0 aliphatic heterocycles. The largest absolute Gasteiger partial charge is 0.503 e. The van der Waals surface area contributed by atoms with Crippen LogP contribution in [-0.4, -0.2) is 28.0 Å². The minimum atomic E-state index is -1.20. The number of halogens is 3. The molecule has 0 spiro atoms. The molecule has 2 N–H and O–H groups in total. The van der Waals surface area contributed by atoms with Gasteiger partial charge in [-0.05, 0) is 43.2 Å². The lowest BCUT2D eigenvalue weighted by molar-refractivity contribution is -0.120. The van der Waals surface area contributed by atoms with E-state index in [-0.39, 0.29) is 34.4 Å². The number of benzene rings is 2. The number of aromatic hydroxyl groups is 1. The topological polar surface area (TPSA) is 71.3 Å². The zero-order chi connectivity index (χ0) is 22.0. The standard InChI is InChI=1S/C22H21ClF2N2O3/c1-3-4-9-26-18(28)10-15-12(2)27(22(30)13-5-7-14(23)8-6-13)17-11-16(24)21(29)20(25)19(15)17/h5-8,11,29H,3-4,9-10H2,1-2H3,(H,26,28). The van der Waals surface area contributed by atoms with Gasteiger partial charge in [0.15, 0.2) is 17.4 Å². The highest BCUT2D eigenvalue weighted by Gasteiger charge is 2.26. The van der Waals surface area contributed by atoms with Crippen LogP contribution in [0.1, 0.15) is 41.4 Å². The quantitative estimate of drug-likeness (QED) is 0.551. The van der Waals surface area contributed by atoms with Gasteiger partial charge in [-0.1, -0.05) is 24.9 Å². The lowest BCUT2D eigenvalue weighted by Gasteiger charge is -2.08. The third kappa shape index (κ3) is 4.03. The lowest BCUT2D eigenvalue weighted by atomic mass is 10.1. The van der Waals surface area contributed by atoms with Gasteiger partial charge in [0, 0.05) is 34.3 Å². The molecule has 0 aliphatic rings. The van der Waals surface area contributed by atoms with Gasteiger partial charge in [-0.15, -0.1) is 0 Å². The van der Waals surface area contributed by atoms with E-state index >= 15 is 0 Å². The number of carbonyl (C=O) groups excluding carboxylic acids is 2. The van der Waals surface area contributed by atoms with E-state index in [1.54, 1.807) is 6.92 Å². The average molecular weight is 435 g/mol. The molecule has 1 amide bonds. The fourth-order valence-electron chi connectivity index (χ4n) is 3.38. The molecule has 0 unspecified atom stereocenters. The van der Waals surface area contributed by atoms with E-state index in [9.17, 15) is 23.5 Å². The number of hydrogen-bond donors (Lipinski definition) is 2. The van der Waals surface area contributed by atoms with Crippen molar-refractivity contribution >= 4 is 34.3 Å². The van der Waals surface area contributed by atoms with E-state index in [2.05, 4.69) is 5.32 Å². The highest BCUT2D eigenvalue weighted by Crippen LogP contribution is 2.35. The maximum absolute atomic E-state index is 14.8. The van der Waals surface area contributed by atoms with Gasteiger partial charge in [0.05, 0.1) is 11.9 Å². The second-order valence-electron chi connectivity index (χ2n) is 7.01. The predicted octanol–water partition coefficient (Wildman–Crippen LogP) is 4.73. The summed E-state index contributed by atoms with van der Waals surface area (Å²) in [5.74, 6) is -4.43. The summed E-state index contributed by atoms with van der Waals surface area (Å²) >= 11 is 5.87. The van der Waals surface area contributed by atoms with Crippen molar-refractivity contribution in [2.24, 2.45) is 0 Å². The highest BCUT2D eigenvalue weighted by atomic mass is 35.5. The molecule has 3 aromatic rings. The number of phenols is 1. The maximum Gasteiger partial charge on any atom is 0.262 e. The third-order valence-corrected chi connectivity index (χ3v) is 5.22. The first-order valence-electron chi connectivity index (χ1n) is 9.54. The number of aromatic nitrogens is 1. The van der Waals surface area contributed by atoms with Gasteiger partial charge >= 0.3 is 0 Å². The molecule has 0 fully saturated rings. The molecule has 8 heteroatoms. The Hall–Kier alpha value is -2.93. The predicted molar refractivity (Wildman–Crippen MR) is 111 cm³/mol. The first-order valence-corrected chi connectivity index (χ1v) is 9.91. The molecular weight excluding hydrogens is 414 g/mol. The van der Waals surface area contributed by atoms with Gasteiger partial charge in [0.1, 0.15) is 0 Å². The number of fused-ring (bicyclic) bond motifs is 1. The van der Waals surface area contributed by atoms with E-state index in [0.29, 0.717) is 17.3 Å². The van der Waals surface area contributed by atoms with Gasteiger partial charge in [0.25, 0.3) is 5.91 Å². The number of carbonyl (C=O) groups is 2. The molecule has 0 saturated carbocycles. The molecule has 0 atom stereocenters. The van der Waals surface area contributed by atoms with Crippen LogP contribution >= 0.6 is 11.6 Å². The fourth-order valence-corrected chi connectivity index (χ4v) is 3.51. The van der Waals surface area contributed by atoms with Gasteiger partial charge in [-0.25, -0.2) is 8.78 Å². The van der Waals surface area contributed by atoms with Crippen LogP contribution in [0.3, 0.4) is 0 Å². The Morgan fingerprint density at radius 1 is 1.20 bits per heavy atom. The van der Waals surface area contributed by atoms with Crippen molar-refractivity contribution in [3.63, 3.8) is 0 Å². The lowest BCUT2D eigenvalue weighted by Crippen LogP contribution is -2.26. The van der Waals surface area contributed by atoms with Crippen molar-refractivity contribution in [3.05, 3.63) is 63.8 Å². The van der Waals surface area contributed by atoms with E-state index in [1.165, 1.54) is 24.3 Å². The van der Waals surface area contributed by atoms with Gasteiger partial charge in [0.2, 0.25) is 5.91 Å². The first kappa shape index (κ1) is 21.8. The summed E-state index contributed by atoms with van der Waals surface area (Å²) in [5.41, 5.74) is 0.706. The first-order chi connectivity index (χ1) is 14.3. The normalized spacial score (nSPS) is 11.1. The van der Waals surface area contributed by atoms with Crippen molar-refractivity contribution in [3.8, 4) is 5.75 Å². The summed E-state index contributed by atoms with van der Waals surface area (Å²) in [7, 11) is 0. The maximum atomic E-state index is 14.8. The third-order valence-electron chi connectivity index (χ3n) is 4.97. The summed E-state index contributed by atoms with van der Waals surface area (Å²) < 4.78 is 30.1. The van der Waals surface area contributed by atoms with Gasteiger partial charge in [-0.2, -0.15) is 0 Å². The molecule has 1 aromatic heterocycles. The SMILES string of the molecule is CCCCNC(=O)Cc1c(C)n(C(=O)c2ccc(Cl)cc2)c2cc(F)c(O)c(F)c12. The Bertz CT molecular complexity index is 1120. The number of phenolic OH excluding ortho intramolecular Hbond substituents is 1. The molecular formula is C22H21ClF2N2O3. The molecule has 1 heterocycles. The number of nitrogens with zero attached hydrogens (tertiary/aromatic N) is 1. The highest BCUT2D eigenvalue weighted by molar-refractivity contribution is 6.30. The average Bonchev–Trinajstić information content (AvgIpc) is 2.97. The van der Waals surface area contributed by atoms with E-state index in [1.807, 2.05) is 6.92 Å². The summed E-state index contributed by atoms with van der Waals surface area (Å²) in [4.78, 5) is 25.5. The van der Waals surface area contributed by atoms with Gasteiger partial charge < -0.3 is 10.4 Å². The fraction of sp³-hybridized carbons (Fsp3) is 0.273. The van der Waals surface area contributed by atoms with Crippen molar-refractivity contribution in [1.29, 1.82) is 0 Å². The van der Waals surface area contributed by atoms with Crippen molar-refractivity contribution < 1.29 is 23.5 Å². The Labute approximate surface area is 177 Å². The Morgan fingerprint density at radius 2 is 1.87 bits per heavy atom. The van der Waals surface area contributed by atoms with E-state index < -0.39 is 23.3 Å². The number of nitrogens with one attached hydrogen (secondary N) is 1. The Morgan fingerprint density at radius 3 is 2.50 bits per heavy atom. The molecule has 0 radical (unpaired) electrons. The van der Waals surface area contributed by atoms with E-state index in [4.69, 9.17) is 11.6 Å². The summed E-state index contributed by atoms with van der Waals surface area (Å²) in [6.07, 6.45) is 1.48. The van der Waals surface area contributed by atoms with Crippen LogP contribution in [0.25, 0.3) is 10.9 Å². The van der Waals surface area contributed by atoms with E-state index in [0.717, 1.165) is 23.5 Å². The molecule has 5 nitrogen and oxygen atoms in total. The van der Waals surface area contributed by atoms with Crippen LogP contribution < -0.4 is 5.32 Å². The summed E-state index contributed by atoms with van der Waals surface area (Å²) in [6, 6.07) is 6.96.